The molecule has 0 radical (unpaired) electrons. The monoisotopic (exact) mass is 263 g/mol. The molecule has 17 heavy (non-hydrogen) atoms. The smallest absolute Gasteiger partial charge is 0.369 e. The molecule has 1 amide bonds. The van der Waals surface area contributed by atoms with Crippen LogP contribution in [0.1, 0.15) is 16.7 Å². The van der Waals surface area contributed by atoms with Crippen molar-refractivity contribution in [3.8, 4) is 0 Å². The van der Waals surface area contributed by atoms with Crippen LogP contribution >= 0.6 is 11.8 Å². The van der Waals surface area contributed by atoms with E-state index in [0.717, 1.165) is 12.1 Å². The molecule has 6 heteroatoms. The van der Waals surface area contributed by atoms with Crippen LogP contribution in [0.15, 0.2) is 18.2 Å². The summed E-state index contributed by atoms with van der Waals surface area (Å²) in [4.78, 5) is 10.8. The van der Waals surface area contributed by atoms with Crippen LogP contribution in [-0.2, 0) is 23.1 Å². The Kier molecular flexibility index (Phi) is 4.45. The maximum atomic E-state index is 12.5. The zero-order valence-electron chi connectivity index (χ0n) is 9.17. The van der Waals surface area contributed by atoms with E-state index in [-0.39, 0.29) is 6.42 Å². The molecular formula is C11H12F3NOS. The van der Waals surface area contributed by atoms with Gasteiger partial charge in [-0.15, -0.1) is 0 Å². The van der Waals surface area contributed by atoms with E-state index in [4.69, 9.17) is 5.73 Å². The predicted molar refractivity (Wildman–Crippen MR) is 61.6 cm³/mol. The number of halogens is 3. The van der Waals surface area contributed by atoms with E-state index in [9.17, 15) is 18.0 Å². The molecule has 0 aromatic heterocycles. The molecule has 0 unspecified atom stereocenters. The largest absolute Gasteiger partial charge is 0.416 e. The van der Waals surface area contributed by atoms with E-state index in [1.165, 1.54) is 17.8 Å². The standard InChI is InChI=1S/C11H12F3NOS/c1-17-6-8-4-9(11(12,13)14)3-2-7(8)5-10(15)16/h2-4H,5-6H2,1H3,(H2,15,16). The van der Waals surface area contributed by atoms with Crippen LogP contribution in [0.25, 0.3) is 0 Å². The number of alkyl halides is 3. The number of nitrogens with two attached hydrogens (primary N) is 1. The van der Waals surface area contributed by atoms with Gasteiger partial charge in [-0.25, -0.2) is 0 Å². The second-order valence-electron chi connectivity index (χ2n) is 3.56. The summed E-state index contributed by atoms with van der Waals surface area (Å²) in [5.41, 5.74) is 5.41. The molecule has 2 nitrogen and oxygen atoms in total. The topological polar surface area (TPSA) is 43.1 Å². The highest BCUT2D eigenvalue weighted by molar-refractivity contribution is 7.97. The molecule has 0 saturated heterocycles. The van der Waals surface area contributed by atoms with E-state index in [1.807, 2.05) is 0 Å². The lowest BCUT2D eigenvalue weighted by Crippen LogP contribution is -2.15. The fourth-order valence-corrected chi connectivity index (χ4v) is 2.03. The van der Waals surface area contributed by atoms with Crippen LogP contribution in [0.2, 0.25) is 0 Å². The summed E-state index contributed by atoms with van der Waals surface area (Å²) >= 11 is 1.40. The van der Waals surface area contributed by atoms with Gasteiger partial charge in [0.25, 0.3) is 0 Å². The average molecular weight is 263 g/mol. The van der Waals surface area contributed by atoms with Crippen molar-refractivity contribution < 1.29 is 18.0 Å². The summed E-state index contributed by atoms with van der Waals surface area (Å²) in [5, 5.41) is 0. The maximum absolute atomic E-state index is 12.5. The molecule has 0 aliphatic heterocycles. The van der Waals surface area contributed by atoms with E-state index in [1.54, 1.807) is 6.26 Å². The number of hydrogen-bond acceptors (Lipinski definition) is 2. The fraction of sp³-hybridized carbons (Fsp3) is 0.364. The SMILES string of the molecule is CSCc1cc(C(F)(F)F)ccc1CC(N)=O. The molecule has 1 aromatic rings. The predicted octanol–water partition coefficient (Wildman–Crippen LogP) is 2.60. The molecule has 0 atom stereocenters. The highest BCUT2D eigenvalue weighted by atomic mass is 32.2. The van der Waals surface area contributed by atoms with Gasteiger partial charge in [0.05, 0.1) is 12.0 Å². The van der Waals surface area contributed by atoms with E-state index >= 15 is 0 Å². The summed E-state index contributed by atoms with van der Waals surface area (Å²) in [6.45, 7) is 0. The lowest BCUT2D eigenvalue weighted by Gasteiger charge is -2.12. The molecule has 2 N–H and O–H groups in total. The maximum Gasteiger partial charge on any atom is 0.416 e. The molecule has 1 aromatic carbocycles. The van der Waals surface area contributed by atoms with Gasteiger partial charge in [-0.1, -0.05) is 6.07 Å². The van der Waals surface area contributed by atoms with Crippen molar-refractivity contribution in [2.24, 2.45) is 5.73 Å². The Morgan fingerprint density at radius 2 is 2.00 bits per heavy atom. The van der Waals surface area contributed by atoms with Gasteiger partial charge >= 0.3 is 6.18 Å². The zero-order chi connectivity index (χ0) is 13.1. The highest BCUT2D eigenvalue weighted by Crippen LogP contribution is 2.31. The molecule has 0 heterocycles. The Bertz CT molecular complexity index is 418. The number of thioether (sulfide) groups is 1. The molecule has 0 spiro atoms. The van der Waals surface area contributed by atoms with Crippen molar-refractivity contribution in [2.75, 3.05) is 6.26 Å². The van der Waals surface area contributed by atoms with Crippen molar-refractivity contribution in [3.05, 3.63) is 34.9 Å². The lowest BCUT2D eigenvalue weighted by molar-refractivity contribution is -0.137. The number of amides is 1. The van der Waals surface area contributed by atoms with Crippen LogP contribution in [-0.4, -0.2) is 12.2 Å². The minimum absolute atomic E-state index is 0.0337. The second kappa shape index (κ2) is 5.44. The summed E-state index contributed by atoms with van der Waals surface area (Å²) in [6.07, 6.45) is -2.61. The third-order valence-corrected chi connectivity index (χ3v) is 2.80. The summed E-state index contributed by atoms with van der Waals surface area (Å²) < 4.78 is 37.5. The Balaban J connectivity index is 3.12. The zero-order valence-corrected chi connectivity index (χ0v) is 9.99. The first-order chi connectivity index (χ1) is 7.84. The summed E-state index contributed by atoms with van der Waals surface area (Å²) in [6, 6.07) is 3.37. The van der Waals surface area contributed by atoms with Gasteiger partial charge in [-0.05, 0) is 29.5 Å². The first kappa shape index (κ1) is 13.9. The van der Waals surface area contributed by atoms with Gasteiger partial charge in [0.2, 0.25) is 5.91 Å². The Morgan fingerprint density at radius 3 is 2.47 bits per heavy atom. The Hall–Kier alpha value is -1.17. The van der Waals surface area contributed by atoms with Gasteiger partial charge in [-0.2, -0.15) is 24.9 Å². The molecule has 0 aliphatic rings. The number of hydrogen-bond donors (Lipinski definition) is 1. The van der Waals surface area contributed by atoms with Gasteiger partial charge in [-0.3, -0.25) is 4.79 Å². The molecule has 0 saturated carbocycles. The molecule has 0 aliphatic carbocycles. The van der Waals surface area contributed by atoms with Gasteiger partial charge in [0.15, 0.2) is 0 Å². The number of carbonyl (C=O) groups is 1. The van der Waals surface area contributed by atoms with Crippen LogP contribution in [0, 0.1) is 0 Å². The van der Waals surface area contributed by atoms with Crippen LogP contribution in [0.5, 0.6) is 0 Å². The van der Waals surface area contributed by atoms with Crippen molar-refractivity contribution in [3.63, 3.8) is 0 Å². The number of benzene rings is 1. The fourth-order valence-electron chi connectivity index (χ4n) is 1.45. The van der Waals surface area contributed by atoms with Crippen LogP contribution in [0.3, 0.4) is 0 Å². The van der Waals surface area contributed by atoms with Crippen LogP contribution in [0.4, 0.5) is 13.2 Å². The molecular weight excluding hydrogens is 251 g/mol. The van der Waals surface area contributed by atoms with Gasteiger partial charge in [0.1, 0.15) is 0 Å². The van der Waals surface area contributed by atoms with Crippen molar-refractivity contribution in [1.82, 2.24) is 0 Å². The Morgan fingerprint density at radius 1 is 1.35 bits per heavy atom. The van der Waals surface area contributed by atoms with Gasteiger partial charge < -0.3 is 5.73 Å². The third-order valence-electron chi connectivity index (χ3n) is 2.20. The van der Waals surface area contributed by atoms with Crippen LogP contribution < -0.4 is 5.73 Å². The molecule has 0 fully saturated rings. The average Bonchev–Trinajstić information content (AvgIpc) is 2.18. The normalized spacial score (nSPS) is 11.5. The Labute approximate surface area is 101 Å². The second-order valence-corrected chi connectivity index (χ2v) is 4.42. The van der Waals surface area contributed by atoms with E-state index in [0.29, 0.717) is 16.9 Å². The number of rotatable bonds is 4. The molecule has 1 rings (SSSR count). The first-order valence-corrected chi connectivity index (χ1v) is 6.20. The summed E-state index contributed by atoms with van der Waals surface area (Å²) in [7, 11) is 0. The molecule has 94 valence electrons. The van der Waals surface area contributed by atoms with E-state index < -0.39 is 17.6 Å². The lowest BCUT2D eigenvalue weighted by atomic mass is 10.0. The number of carbonyl (C=O) groups excluding carboxylic acids is 1. The van der Waals surface area contributed by atoms with Crippen molar-refractivity contribution >= 4 is 17.7 Å². The third kappa shape index (κ3) is 3.96. The first-order valence-electron chi connectivity index (χ1n) is 4.81. The van der Waals surface area contributed by atoms with Crippen molar-refractivity contribution in [2.45, 2.75) is 18.3 Å². The minimum Gasteiger partial charge on any atom is -0.369 e. The number of primary amides is 1. The highest BCUT2D eigenvalue weighted by Gasteiger charge is 2.30. The summed E-state index contributed by atoms with van der Waals surface area (Å²) in [5.74, 6) is -0.126. The van der Waals surface area contributed by atoms with Crippen molar-refractivity contribution in [1.29, 1.82) is 0 Å². The van der Waals surface area contributed by atoms with Gasteiger partial charge in [0, 0.05) is 5.75 Å². The molecule has 0 bridgehead atoms. The van der Waals surface area contributed by atoms with E-state index in [2.05, 4.69) is 0 Å². The quantitative estimate of drug-likeness (QED) is 0.907. The minimum atomic E-state index is -4.36.